The molecular weight excluding hydrogens is 250 g/mol. The molecule has 0 amide bonds. The van der Waals surface area contributed by atoms with Gasteiger partial charge in [-0.1, -0.05) is 24.3 Å². The van der Waals surface area contributed by atoms with E-state index >= 15 is 0 Å². The number of ether oxygens (including phenoxy) is 1. The molecule has 2 aliphatic rings. The molecule has 0 radical (unpaired) electrons. The molecule has 1 aromatic carbocycles. The van der Waals surface area contributed by atoms with E-state index in [2.05, 4.69) is 39.0 Å². The van der Waals surface area contributed by atoms with Crippen molar-refractivity contribution in [2.45, 2.75) is 31.2 Å². The number of aryl methyl sites for hydroxylation is 1. The normalized spacial score (nSPS) is 26.9. The van der Waals surface area contributed by atoms with Crippen molar-refractivity contribution < 1.29 is 4.74 Å². The molecule has 0 aliphatic heterocycles. The predicted octanol–water partition coefficient (Wildman–Crippen LogP) is 2.37. The summed E-state index contributed by atoms with van der Waals surface area (Å²) in [5.74, 6) is 3.12. The Labute approximate surface area is 118 Å². The zero-order chi connectivity index (χ0) is 13.5. The summed E-state index contributed by atoms with van der Waals surface area (Å²) < 4.78 is 7.33. The molecule has 4 rings (SSSR count). The van der Waals surface area contributed by atoms with Crippen LogP contribution >= 0.6 is 0 Å². The Morgan fingerprint density at radius 2 is 2.20 bits per heavy atom. The minimum atomic E-state index is 0.554. The van der Waals surface area contributed by atoms with Gasteiger partial charge in [0.25, 0.3) is 0 Å². The van der Waals surface area contributed by atoms with Crippen LogP contribution < -0.4 is 0 Å². The van der Waals surface area contributed by atoms with Gasteiger partial charge in [-0.3, -0.25) is 0 Å². The Morgan fingerprint density at radius 3 is 3.10 bits per heavy atom. The molecule has 3 unspecified atom stereocenters. The summed E-state index contributed by atoms with van der Waals surface area (Å²) in [4.78, 5) is 0. The van der Waals surface area contributed by atoms with Gasteiger partial charge in [0.15, 0.2) is 0 Å². The van der Waals surface area contributed by atoms with Gasteiger partial charge in [0.05, 0.1) is 6.61 Å². The summed E-state index contributed by atoms with van der Waals surface area (Å²) in [7, 11) is 1.73. The summed E-state index contributed by atoms with van der Waals surface area (Å²) in [6, 6.07) is 8.88. The van der Waals surface area contributed by atoms with E-state index in [1.165, 1.54) is 24.0 Å². The first-order valence-corrected chi connectivity index (χ1v) is 7.34. The number of hydrogen-bond acceptors (Lipinski definition) is 3. The highest BCUT2D eigenvalue weighted by atomic mass is 16.5. The lowest BCUT2D eigenvalue weighted by atomic mass is 9.92. The molecule has 2 aliphatic carbocycles. The Hall–Kier alpha value is -1.68. The average molecular weight is 269 g/mol. The number of benzene rings is 1. The summed E-state index contributed by atoms with van der Waals surface area (Å²) in [6.45, 7) is 1.56. The second-order valence-electron chi connectivity index (χ2n) is 5.83. The number of nitrogens with zero attached hydrogens (tertiary/aromatic N) is 3. The van der Waals surface area contributed by atoms with Crippen LogP contribution in [0.5, 0.6) is 0 Å². The summed E-state index contributed by atoms with van der Waals surface area (Å²) in [5, 5.41) is 8.49. The van der Waals surface area contributed by atoms with E-state index in [0.717, 1.165) is 18.3 Å². The first-order valence-electron chi connectivity index (χ1n) is 7.34. The van der Waals surface area contributed by atoms with Crippen molar-refractivity contribution in [3.8, 4) is 0 Å². The predicted molar refractivity (Wildman–Crippen MR) is 75.6 cm³/mol. The molecule has 104 valence electrons. The van der Waals surface area contributed by atoms with Gasteiger partial charge in [0.1, 0.15) is 12.2 Å². The quantitative estimate of drug-likeness (QED) is 0.855. The number of aromatic nitrogens is 3. The fourth-order valence-corrected chi connectivity index (χ4v) is 3.80. The Balaban J connectivity index is 1.62. The highest BCUT2D eigenvalue weighted by Gasteiger charge is 2.55. The van der Waals surface area contributed by atoms with Crippen molar-refractivity contribution in [2.75, 3.05) is 13.7 Å². The van der Waals surface area contributed by atoms with Crippen LogP contribution in [0.15, 0.2) is 30.6 Å². The van der Waals surface area contributed by atoms with Gasteiger partial charge in [0, 0.05) is 19.6 Å². The van der Waals surface area contributed by atoms with E-state index in [9.17, 15) is 0 Å². The van der Waals surface area contributed by atoms with Crippen LogP contribution in [0, 0.1) is 5.92 Å². The molecule has 1 fully saturated rings. The van der Waals surface area contributed by atoms with Crippen molar-refractivity contribution in [1.29, 1.82) is 0 Å². The Kier molecular flexibility index (Phi) is 2.84. The number of hydrogen-bond donors (Lipinski definition) is 0. The van der Waals surface area contributed by atoms with Gasteiger partial charge < -0.3 is 9.30 Å². The molecule has 1 heterocycles. The molecule has 0 bridgehead atoms. The minimum Gasteiger partial charge on any atom is -0.383 e. The third kappa shape index (κ3) is 1.79. The maximum Gasteiger partial charge on any atom is 0.136 e. The fourth-order valence-electron chi connectivity index (χ4n) is 3.80. The molecule has 4 heteroatoms. The summed E-state index contributed by atoms with van der Waals surface area (Å²) in [5.41, 5.74) is 3.06. The maximum absolute atomic E-state index is 5.17. The van der Waals surface area contributed by atoms with Crippen LogP contribution in [-0.4, -0.2) is 28.5 Å². The van der Waals surface area contributed by atoms with E-state index in [4.69, 9.17) is 4.74 Å². The second kappa shape index (κ2) is 4.70. The molecule has 1 saturated carbocycles. The van der Waals surface area contributed by atoms with E-state index in [0.29, 0.717) is 18.4 Å². The first-order chi connectivity index (χ1) is 9.90. The van der Waals surface area contributed by atoms with Crippen LogP contribution in [0.2, 0.25) is 0 Å². The monoisotopic (exact) mass is 269 g/mol. The summed E-state index contributed by atoms with van der Waals surface area (Å²) >= 11 is 0. The van der Waals surface area contributed by atoms with Gasteiger partial charge in [0.2, 0.25) is 0 Å². The molecular formula is C16H19N3O. The van der Waals surface area contributed by atoms with Crippen LogP contribution in [0.3, 0.4) is 0 Å². The topological polar surface area (TPSA) is 39.9 Å². The third-order valence-electron chi connectivity index (χ3n) is 4.81. The molecule has 4 nitrogen and oxygen atoms in total. The lowest BCUT2D eigenvalue weighted by Crippen LogP contribution is -2.07. The molecule has 2 aromatic rings. The third-order valence-corrected chi connectivity index (χ3v) is 4.81. The van der Waals surface area contributed by atoms with Gasteiger partial charge in [-0.25, -0.2) is 0 Å². The fraction of sp³-hybridized carbons (Fsp3) is 0.500. The maximum atomic E-state index is 5.17. The SMILES string of the molecule is COCCn1cnnc1C1C2CCc3ccccc3C21. The first kappa shape index (κ1) is 12.1. The van der Waals surface area contributed by atoms with E-state index < -0.39 is 0 Å². The van der Waals surface area contributed by atoms with Crippen molar-refractivity contribution >= 4 is 0 Å². The minimum absolute atomic E-state index is 0.554. The van der Waals surface area contributed by atoms with Crippen LogP contribution in [-0.2, 0) is 17.7 Å². The summed E-state index contributed by atoms with van der Waals surface area (Å²) in [6.07, 6.45) is 4.33. The largest absolute Gasteiger partial charge is 0.383 e. The number of rotatable bonds is 4. The molecule has 20 heavy (non-hydrogen) atoms. The molecule has 1 aromatic heterocycles. The number of methoxy groups -OCH3 is 1. The van der Waals surface area contributed by atoms with Gasteiger partial charge in [-0.15, -0.1) is 10.2 Å². The van der Waals surface area contributed by atoms with Gasteiger partial charge in [-0.05, 0) is 35.8 Å². The van der Waals surface area contributed by atoms with Gasteiger partial charge >= 0.3 is 0 Å². The van der Waals surface area contributed by atoms with Crippen molar-refractivity contribution in [1.82, 2.24) is 14.8 Å². The number of fused-ring (bicyclic) bond motifs is 3. The average Bonchev–Trinajstić information content (AvgIpc) is 3.05. The molecule has 0 spiro atoms. The van der Waals surface area contributed by atoms with Crippen molar-refractivity contribution in [2.24, 2.45) is 5.92 Å². The van der Waals surface area contributed by atoms with Crippen LogP contribution in [0.1, 0.15) is 35.2 Å². The zero-order valence-corrected chi connectivity index (χ0v) is 11.7. The highest BCUT2D eigenvalue weighted by Crippen LogP contribution is 2.64. The Bertz CT molecular complexity index is 622. The van der Waals surface area contributed by atoms with E-state index in [-0.39, 0.29) is 0 Å². The highest BCUT2D eigenvalue weighted by molar-refractivity contribution is 5.43. The zero-order valence-electron chi connectivity index (χ0n) is 11.7. The second-order valence-corrected chi connectivity index (χ2v) is 5.83. The Morgan fingerprint density at radius 1 is 1.30 bits per heavy atom. The van der Waals surface area contributed by atoms with Crippen molar-refractivity contribution in [3.63, 3.8) is 0 Å². The van der Waals surface area contributed by atoms with Crippen LogP contribution in [0.4, 0.5) is 0 Å². The molecule has 0 saturated heterocycles. The van der Waals surface area contributed by atoms with E-state index in [1.807, 2.05) is 6.33 Å². The van der Waals surface area contributed by atoms with E-state index in [1.54, 1.807) is 7.11 Å². The lowest BCUT2D eigenvalue weighted by Gasteiger charge is -2.13. The smallest absolute Gasteiger partial charge is 0.136 e. The van der Waals surface area contributed by atoms with Crippen molar-refractivity contribution in [3.05, 3.63) is 47.5 Å². The molecule has 0 N–H and O–H groups in total. The lowest BCUT2D eigenvalue weighted by molar-refractivity contribution is 0.186. The standard InChI is InChI=1S/C16H19N3O/c1-20-9-8-19-10-17-18-16(19)15-13-7-6-11-4-2-3-5-12(11)14(13)15/h2-5,10,13-15H,6-9H2,1H3. The molecule has 3 atom stereocenters. The van der Waals surface area contributed by atoms with Crippen LogP contribution in [0.25, 0.3) is 0 Å². The van der Waals surface area contributed by atoms with Gasteiger partial charge in [-0.2, -0.15) is 0 Å².